The summed E-state index contributed by atoms with van der Waals surface area (Å²) in [5, 5.41) is 2.94. The van der Waals surface area contributed by atoms with E-state index in [-0.39, 0.29) is 5.91 Å². The van der Waals surface area contributed by atoms with E-state index in [0.29, 0.717) is 17.4 Å². The standard InChI is InChI=1S/C10H13NO2/c1-6-5-13-7(2)9(6)10(12)11-8-3-4-8/h5,8H,3-4H2,1-2H3,(H,11,12). The van der Waals surface area contributed by atoms with Crippen LogP contribution < -0.4 is 5.32 Å². The lowest BCUT2D eigenvalue weighted by Gasteiger charge is -2.02. The van der Waals surface area contributed by atoms with Crippen LogP contribution in [0.15, 0.2) is 10.7 Å². The lowest BCUT2D eigenvalue weighted by molar-refractivity contribution is 0.0949. The van der Waals surface area contributed by atoms with Gasteiger partial charge >= 0.3 is 0 Å². The van der Waals surface area contributed by atoms with E-state index < -0.39 is 0 Å². The van der Waals surface area contributed by atoms with Crippen LogP contribution in [0, 0.1) is 13.8 Å². The minimum atomic E-state index is 0.00579. The van der Waals surface area contributed by atoms with Crippen LogP contribution in [0.2, 0.25) is 0 Å². The van der Waals surface area contributed by atoms with Crippen molar-refractivity contribution in [2.45, 2.75) is 32.7 Å². The van der Waals surface area contributed by atoms with E-state index in [2.05, 4.69) is 5.32 Å². The van der Waals surface area contributed by atoms with E-state index in [0.717, 1.165) is 18.4 Å². The molecule has 1 saturated carbocycles. The molecule has 0 aromatic carbocycles. The van der Waals surface area contributed by atoms with Gasteiger partial charge in [0.2, 0.25) is 0 Å². The predicted molar refractivity (Wildman–Crippen MR) is 48.7 cm³/mol. The van der Waals surface area contributed by atoms with Gasteiger partial charge in [0.1, 0.15) is 5.76 Å². The Hall–Kier alpha value is -1.25. The molecule has 1 aromatic heterocycles. The normalized spacial score (nSPS) is 15.8. The summed E-state index contributed by atoms with van der Waals surface area (Å²) in [6, 6.07) is 0.404. The zero-order valence-corrected chi connectivity index (χ0v) is 7.89. The number of nitrogens with one attached hydrogen (secondary N) is 1. The first-order valence-corrected chi connectivity index (χ1v) is 4.54. The molecule has 1 fully saturated rings. The van der Waals surface area contributed by atoms with Gasteiger partial charge in [-0.05, 0) is 26.7 Å². The molecule has 0 saturated heterocycles. The third kappa shape index (κ3) is 1.59. The average molecular weight is 179 g/mol. The molecule has 0 bridgehead atoms. The van der Waals surface area contributed by atoms with Crippen molar-refractivity contribution in [3.8, 4) is 0 Å². The Labute approximate surface area is 77.1 Å². The third-order valence-corrected chi connectivity index (χ3v) is 2.30. The van der Waals surface area contributed by atoms with Gasteiger partial charge in [-0.15, -0.1) is 0 Å². The highest BCUT2D eigenvalue weighted by Gasteiger charge is 2.25. The topological polar surface area (TPSA) is 42.2 Å². The second kappa shape index (κ2) is 2.91. The molecule has 2 rings (SSSR count). The number of rotatable bonds is 2. The SMILES string of the molecule is Cc1coc(C)c1C(=O)NC1CC1. The van der Waals surface area contributed by atoms with Crippen molar-refractivity contribution < 1.29 is 9.21 Å². The van der Waals surface area contributed by atoms with Gasteiger partial charge in [0.15, 0.2) is 0 Å². The fourth-order valence-electron chi connectivity index (χ4n) is 1.40. The molecule has 0 unspecified atom stereocenters. The fraction of sp³-hybridized carbons (Fsp3) is 0.500. The Morgan fingerprint density at radius 1 is 1.54 bits per heavy atom. The molecule has 0 atom stereocenters. The molecule has 0 aliphatic heterocycles. The summed E-state index contributed by atoms with van der Waals surface area (Å²) in [5.41, 5.74) is 1.61. The Bertz CT molecular complexity index is 317. The lowest BCUT2D eigenvalue weighted by Crippen LogP contribution is -2.26. The Morgan fingerprint density at radius 2 is 2.23 bits per heavy atom. The maximum absolute atomic E-state index is 11.6. The summed E-state index contributed by atoms with van der Waals surface area (Å²) >= 11 is 0. The largest absolute Gasteiger partial charge is 0.469 e. The lowest BCUT2D eigenvalue weighted by atomic mass is 10.1. The predicted octanol–water partition coefficient (Wildman–Crippen LogP) is 1.79. The molecule has 1 N–H and O–H groups in total. The Kier molecular flexibility index (Phi) is 1.87. The molecule has 3 nitrogen and oxygen atoms in total. The molecule has 1 aromatic rings. The van der Waals surface area contributed by atoms with Gasteiger partial charge in [0.25, 0.3) is 5.91 Å². The molecule has 3 heteroatoms. The molecule has 1 aliphatic carbocycles. The quantitative estimate of drug-likeness (QED) is 0.752. The van der Waals surface area contributed by atoms with Crippen molar-refractivity contribution >= 4 is 5.91 Å². The first kappa shape index (κ1) is 8.35. The van der Waals surface area contributed by atoms with Gasteiger partial charge in [-0.3, -0.25) is 4.79 Å². The summed E-state index contributed by atoms with van der Waals surface area (Å²) in [6.45, 7) is 3.70. The summed E-state index contributed by atoms with van der Waals surface area (Å²) in [4.78, 5) is 11.6. The Balaban J connectivity index is 2.17. The molecule has 1 amide bonds. The van der Waals surface area contributed by atoms with Gasteiger partial charge in [0, 0.05) is 11.6 Å². The molecule has 0 spiro atoms. The highest BCUT2D eigenvalue weighted by molar-refractivity contribution is 5.96. The number of carbonyl (C=O) groups excluding carboxylic acids is 1. The second-order valence-electron chi connectivity index (χ2n) is 3.60. The van der Waals surface area contributed by atoms with Crippen molar-refractivity contribution in [2.24, 2.45) is 0 Å². The number of carbonyl (C=O) groups is 1. The van der Waals surface area contributed by atoms with Crippen molar-refractivity contribution in [1.29, 1.82) is 0 Å². The highest BCUT2D eigenvalue weighted by Crippen LogP contribution is 2.21. The van der Waals surface area contributed by atoms with Crippen LogP contribution >= 0.6 is 0 Å². The first-order valence-electron chi connectivity index (χ1n) is 4.54. The van der Waals surface area contributed by atoms with Crippen molar-refractivity contribution in [3.63, 3.8) is 0 Å². The summed E-state index contributed by atoms with van der Waals surface area (Å²) in [5.74, 6) is 0.710. The van der Waals surface area contributed by atoms with Crippen molar-refractivity contribution in [1.82, 2.24) is 5.32 Å². The van der Waals surface area contributed by atoms with Gasteiger partial charge in [-0.1, -0.05) is 0 Å². The zero-order valence-electron chi connectivity index (χ0n) is 7.89. The van der Waals surface area contributed by atoms with Crippen LogP contribution in [0.4, 0.5) is 0 Å². The monoisotopic (exact) mass is 179 g/mol. The number of hydrogen-bond acceptors (Lipinski definition) is 2. The molecule has 13 heavy (non-hydrogen) atoms. The Morgan fingerprint density at radius 3 is 2.69 bits per heavy atom. The van der Waals surface area contributed by atoms with Crippen LogP contribution in [-0.4, -0.2) is 11.9 Å². The second-order valence-corrected chi connectivity index (χ2v) is 3.60. The van der Waals surface area contributed by atoms with E-state index in [1.165, 1.54) is 0 Å². The van der Waals surface area contributed by atoms with Gasteiger partial charge in [0.05, 0.1) is 11.8 Å². The van der Waals surface area contributed by atoms with Crippen LogP contribution in [0.3, 0.4) is 0 Å². The van der Waals surface area contributed by atoms with E-state index >= 15 is 0 Å². The summed E-state index contributed by atoms with van der Waals surface area (Å²) in [7, 11) is 0. The molecular weight excluding hydrogens is 166 g/mol. The van der Waals surface area contributed by atoms with Crippen molar-refractivity contribution in [2.75, 3.05) is 0 Å². The summed E-state index contributed by atoms with van der Waals surface area (Å²) < 4.78 is 5.16. The first-order chi connectivity index (χ1) is 6.18. The minimum absolute atomic E-state index is 0.00579. The van der Waals surface area contributed by atoms with E-state index in [9.17, 15) is 4.79 Å². The fourth-order valence-corrected chi connectivity index (χ4v) is 1.40. The van der Waals surface area contributed by atoms with Crippen LogP contribution in [-0.2, 0) is 0 Å². The maximum atomic E-state index is 11.6. The number of furan rings is 1. The summed E-state index contributed by atoms with van der Waals surface area (Å²) in [6.07, 6.45) is 3.85. The smallest absolute Gasteiger partial charge is 0.255 e. The molecule has 70 valence electrons. The zero-order chi connectivity index (χ0) is 9.42. The van der Waals surface area contributed by atoms with Gasteiger partial charge in [-0.2, -0.15) is 0 Å². The number of aryl methyl sites for hydroxylation is 2. The van der Waals surface area contributed by atoms with E-state index in [4.69, 9.17) is 4.42 Å². The van der Waals surface area contributed by atoms with Gasteiger partial charge < -0.3 is 9.73 Å². The van der Waals surface area contributed by atoms with Crippen LogP contribution in [0.5, 0.6) is 0 Å². The van der Waals surface area contributed by atoms with Crippen molar-refractivity contribution in [3.05, 3.63) is 23.2 Å². The number of hydrogen-bond donors (Lipinski definition) is 1. The van der Waals surface area contributed by atoms with Crippen LogP contribution in [0.1, 0.15) is 34.5 Å². The average Bonchev–Trinajstić information content (AvgIpc) is 2.79. The van der Waals surface area contributed by atoms with Crippen LogP contribution in [0.25, 0.3) is 0 Å². The van der Waals surface area contributed by atoms with Gasteiger partial charge in [-0.25, -0.2) is 0 Å². The molecule has 1 aliphatic rings. The molecule has 0 radical (unpaired) electrons. The number of amides is 1. The minimum Gasteiger partial charge on any atom is -0.469 e. The molecule has 1 heterocycles. The molecular formula is C10H13NO2. The highest BCUT2D eigenvalue weighted by atomic mass is 16.3. The maximum Gasteiger partial charge on any atom is 0.255 e. The third-order valence-electron chi connectivity index (χ3n) is 2.30. The van der Waals surface area contributed by atoms with E-state index in [1.54, 1.807) is 6.26 Å². The van der Waals surface area contributed by atoms with E-state index in [1.807, 2.05) is 13.8 Å².